The molecule has 1 aromatic rings. The highest BCUT2D eigenvalue weighted by molar-refractivity contribution is 5.82. The third-order valence-corrected chi connectivity index (χ3v) is 5.71. The number of hydrogen-bond donors (Lipinski definition) is 4. The second kappa shape index (κ2) is 5.89. The maximum absolute atomic E-state index is 12.6. The van der Waals surface area contributed by atoms with Crippen molar-refractivity contribution >= 4 is 5.91 Å². The van der Waals surface area contributed by atoms with E-state index in [2.05, 4.69) is 52.7 Å². The zero-order chi connectivity index (χ0) is 15.9. The normalized spacial score (nSPS) is 31.4. The molecule has 2 fully saturated rings. The molecule has 3 unspecified atom stereocenters. The second-order valence-electron chi connectivity index (χ2n) is 7.68. The van der Waals surface area contributed by atoms with Crippen LogP contribution in [0.2, 0.25) is 0 Å². The van der Waals surface area contributed by atoms with Crippen molar-refractivity contribution in [2.45, 2.75) is 38.3 Å². The van der Waals surface area contributed by atoms with Gasteiger partial charge in [0.25, 0.3) is 0 Å². The molecule has 0 bridgehead atoms. The lowest BCUT2D eigenvalue weighted by atomic mass is 9.86. The number of benzene rings is 1. The lowest BCUT2D eigenvalue weighted by Gasteiger charge is -2.29. The molecule has 1 amide bonds. The first-order chi connectivity index (χ1) is 11.1. The molecule has 2 aliphatic heterocycles. The van der Waals surface area contributed by atoms with Crippen LogP contribution in [-0.4, -0.2) is 37.6 Å². The van der Waals surface area contributed by atoms with Gasteiger partial charge in [-0.3, -0.25) is 10.2 Å². The minimum Gasteiger partial charge on any atom is -0.354 e. The maximum Gasteiger partial charge on any atom is 0.238 e. The summed E-state index contributed by atoms with van der Waals surface area (Å²) >= 11 is 0. The van der Waals surface area contributed by atoms with Gasteiger partial charge in [-0.15, -0.1) is 0 Å². The molecule has 0 saturated carbocycles. The second-order valence-corrected chi connectivity index (χ2v) is 7.68. The van der Waals surface area contributed by atoms with Gasteiger partial charge in [-0.1, -0.05) is 31.2 Å². The number of piperidine rings is 1. The third kappa shape index (κ3) is 2.89. The number of hydrogen-bond acceptors (Lipinski definition) is 4. The van der Waals surface area contributed by atoms with Crippen molar-refractivity contribution in [1.82, 2.24) is 21.5 Å². The minimum absolute atomic E-state index is 0.125. The van der Waals surface area contributed by atoms with E-state index in [1.807, 2.05) is 0 Å². The number of fused-ring (bicyclic) bond motifs is 2. The zero-order valence-corrected chi connectivity index (χ0v) is 13.7. The molecule has 0 aromatic heterocycles. The Kier molecular flexibility index (Phi) is 3.87. The molecule has 2 heterocycles. The quantitative estimate of drug-likeness (QED) is 0.651. The van der Waals surface area contributed by atoms with Gasteiger partial charge in [0.1, 0.15) is 6.04 Å². The van der Waals surface area contributed by atoms with Crippen molar-refractivity contribution < 1.29 is 4.79 Å². The summed E-state index contributed by atoms with van der Waals surface area (Å²) in [6, 6.07) is 8.92. The van der Waals surface area contributed by atoms with Crippen LogP contribution in [0.25, 0.3) is 0 Å². The van der Waals surface area contributed by atoms with E-state index in [4.69, 9.17) is 0 Å². The van der Waals surface area contributed by atoms with Gasteiger partial charge in [0.2, 0.25) is 5.91 Å². The first-order valence-corrected chi connectivity index (χ1v) is 8.71. The molecule has 124 valence electrons. The van der Waals surface area contributed by atoms with Crippen LogP contribution in [0, 0.1) is 11.3 Å². The van der Waals surface area contributed by atoms with E-state index in [0.29, 0.717) is 12.0 Å². The predicted molar refractivity (Wildman–Crippen MR) is 89.8 cm³/mol. The lowest BCUT2D eigenvalue weighted by Crippen LogP contribution is -2.51. The SMILES string of the molecule is CC1(CNC(=O)C2NNC3CCNCC32)Cc2ccccc2C1. The molecular weight excluding hydrogens is 288 g/mol. The molecule has 3 atom stereocenters. The molecule has 2 saturated heterocycles. The molecule has 5 nitrogen and oxygen atoms in total. The van der Waals surface area contributed by atoms with E-state index in [1.54, 1.807) is 0 Å². The van der Waals surface area contributed by atoms with Crippen LogP contribution < -0.4 is 21.5 Å². The van der Waals surface area contributed by atoms with Crippen LogP contribution >= 0.6 is 0 Å². The highest BCUT2D eigenvalue weighted by Crippen LogP contribution is 2.36. The van der Waals surface area contributed by atoms with Crippen LogP contribution in [0.1, 0.15) is 24.5 Å². The van der Waals surface area contributed by atoms with Crippen LogP contribution in [0.15, 0.2) is 24.3 Å². The zero-order valence-electron chi connectivity index (χ0n) is 13.7. The van der Waals surface area contributed by atoms with Crippen LogP contribution in [0.3, 0.4) is 0 Å². The molecule has 3 aliphatic rings. The molecular formula is C18H26N4O. The number of amides is 1. The fourth-order valence-corrected chi connectivity index (χ4v) is 4.40. The Morgan fingerprint density at radius 1 is 1.26 bits per heavy atom. The summed E-state index contributed by atoms with van der Waals surface area (Å²) in [5.41, 5.74) is 9.49. The van der Waals surface area contributed by atoms with Gasteiger partial charge in [-0.05, 0) is 42.3 Å². The van der Waals surface area contributed by atoms with Crippen molar-refractivity contribution in [3.8, 4) is 0 Å². The lowest BCUT2D eigenvalue weighted by molar-refractivity contribution is -0.124. The van der Waals surface area contributed by atoms with Gasteiger partial charge in [-0.2, -0.15) is 0 Å². The number of hydrazine groups is 1. The Bertz CT molecular complexity index is 577. The first-order valence-electron chi connectivity index (χ1n) is 8.71. The van der Waals surface area contributed by atoms with Gasteiger partial charge in [0.05, 0.1) is 0 Å². The molecule has 4 rings (SSSR count). The average Bonchev–Trinajstić information content (AvgIpc) is 3.13. The number of carbonyl (C=O) groups is 1. The Morgan fingerprint density at radius 2 is 2.00 bits per heavy atom. The van der Waals surface area contributed by atoms with Gasteiger partial charge >= 0.3 is 0 Å². The monoisotopic (exact) mass is 314 g/mol. The Hall–Kier alpha value is -1.43. The summed E-state index contributed by atoms with van der Waals surface area (Å²) in [7, 11) is 0. The molecule has 0 spiro atoms. The Morgan fingerprint density at radius 3 is 2.74 bits per heavy atom. The average molecular weight is 314 g/mol. The van der Waals surface area contributed by atoms with E-state index < -0.39 is 0 Å². The summed E-state index contributed by atoms with van der Waals surface area (Å²) in [6.45, 7) is 4.95. The van der Waals surface area contributed by atoms with Gasteiger partial charge in [0.15, 0.2) is 0 Å². The van der Waals surface area contributed by atoms with E-state index in [-0.39, 0.29) is 17.4 Å². The van der Waals surface area contributed by atoms with Crippen LogP contribution in [0.5, 0.6) is 0 Å². The summed E-state index contributed by atoms with van der Waals surface area (Å²) in [6.07, 6.45) is 3.18. The third-order valence-electron chi connectivity index (χ3n) is 5.71. The van der Waals surface area contributed by atoms with E-state index in [1.165, 1.54) is 11.1 Å². The van der Waals surface area contributed by atoms with E-state index in [9.17, 15) is 4.79 Å². The van der Waals surface area contributed by atoms with Gasteiger partial charge in [0, 0.05) is 25.0 Å². The highest BCUT2D eigenvalue weighted by atomic mass is 16.2. The summed E-state index contributed by atoms with van der Waals surface area (Å²) < 4.78 is 0. The fraction of sp³-hybridized carbons (Fsp3) is 0.611. The molecule has 4 N–H and O–H groups in total. The summed E-state index contributed by atoms with van der Waals surface area (Å²) in [5, 5.41) is 6.60. The molecule has 5 heteroatoms. The fourth-order valence-electron chi connectivity index (χ4n) is 4.40. The van der Waals surface area contributed by atoms with Crippen LogP contribution in [0.4, 0.5) is 0 Å². The molecule has 0 radical (unpaired) electrons. The Labute approximate surface area is 137 Å². The standard InChI is InChI=1S/C18H26N4O/c1-18(8-12-4-2-3-5-13(12)9-18)11-20-17(23)16-14-10-19-7-6-15(14)21-22-16/h2-5,14-16,19,21-22H,6-11H2,1H3,(H,20,23). The minimum atomic E-state index is -0.125. The topological polar surface area (TPSA) is 65.2 Å². The number of carbonyl (C=O) groups excluding carboxylic acids is 1. The van der Waals surface area contributed by atoms with Crippen molar-refractivity contribution in [3.63, 3.8) is 0 Å². The molecule has 1 aromatic carbocycles. The van der Waals surface area contributed by atoms with Crippen molar-refractivity contribution in [2.24, 2.45) is 11.3 Å². The van der Waals surface area contributed by atoms with Crippen molar-refractivity contribution in [1.29, 1.82) is 0 Å². The van der Waals surface area contributed by atoms with E-state index in [0.717, 1.165) is 38.9 Å². The number of rotatable bonds is 3. The smallest absolute Gasteiger partial charge is 0.238 e. The van der Waals surface area contributed by atoms with Crippen molar-refractivity contribution in [2.75, 3.05) is 19.6 Å². The van der Waals surface area contributed by atoms with Crippen LogP contribution in [-0.2, 0) is 17.6 Å². The van der Waals surface area contributed by atoms with Gasteiger partial charge in [-0.25, -0.2) is 5.43 Å². The van der Waals surface area contributed by atoms with E-state index >= 15 is 0 Å². The first kappa shape index (κ1) is 15.1. The largest absolute Gasteiger partial charge is 0.354 e. The molecule has 23 heavy (non-hydrogen) atoms. The van der Waals surface area contributed by atoms with Gasteiger partial charge < -0.3 is 10.6 Å². The maximum atomic E-state index is 12.6. The highest BCUT2D eigenvalue weighted by Gasteiger charge is 2.42. The summed E-state index contributed by atoms with van der Waals surface area (Å²) in [4.78, 5) is 12.6. The predicted octanol–water partition coefficient (Wildman–Crippen LogP) is 0.362. The Balaban J connectivity index is 1.35. The number of nitrogens with one attached hydrogen (secondary N) is 4. The molecule has 1 aliphatic carbocycles. The summed E-state index contributed by atoms with van der Waals surface area (Å²) in [5.74, 6) is 0.475. The van der Waals surface area contributed by atoms with Crippen molar-refractivity contribution in [3.05, 3.63) is 35.4 Å².